The van der Waals surface area contributed by atoms with E-state index in [0.29, 0.717) is 19.3 Å². The van der Waals surface area contributed by atoms with Gasteiger partial charge < -0.3 is 34.2 Å². The molecule has 0 rings (SSSR count). The Morgan fingerprint density at radius 3 is 0.842 bits per heavy atom. The van der Waals surface area contributed by atoms with E-state index in [-0.39, 0.29) is 19.3 Å². The normalized spacial score (nSPS) is 14.4. The third kappa shape index (κ3) is 77.6. The Morgan fingerprint density at radius 1 is 0.287 bits per heavy atom. The van der Waals surface area contributed by atoms with Crippen LogP contribution < -0.4 is 0 Å². The second-order valence-corrected chi connectivity index (χ2v) is 30.4. The van der Waals surface area contributed by atoms with Gasteiger partial charge in [0.05, 0.1) is 26.4 Å². The fraction of sp³-hybridized carbons (Fsp3) is 0.795. The van der Waals surface area contributed by atoms with Crippen LogP contribution in [-0.2, 0) is 55.8 Å². The highest BCUT2D eigenvalue weighted by Crippen LogP contribution is 2.45. The second kappa shape index (κ2) is 76.4. The number of aliphatic hydroxyl groups is 2. The minimum atomic E-state index is -4.93. The molecule has 0 aromatic heterocycles. The molecule has 18 heteroatoms. The zero-order valence-corrected chi connectivity index (χ0v) is 66.1. The summed E-state index contributed by atoms with van der Waals surface area (Å²) in [6.07, 6.45) is 86.6. The zero-order chi connectivity index (χ0) is 73.7. The lowest BCUT2D eigenvalue weighted by molar-refractivity contribution is -0.161. The third-order valence-corrected chi connectivity index (χ3v) is 19.5. The molecule has 5 atom stereocenters. The first kappa shape index (κ1) is 97.7. The summed E-state index contributed by atoms with van der Waals surface area (Å²) in [4.78, 5) is 58.6. The minimum Gasteiger partial charge on any atom is -0.463 e. The molecule has 0 aliphatic heterocycles. The van der Waals surface area contributed by atoms with Gasteiger partial charge in [-0.05, 0) is 116 Å². The van der Waals surface area contributed by atoms with Gasteiger partial charge in [-0.1, -0.05) is 318 Å². The van der Waals surface area contributed by atoms with Crippen LogP contribution in [0.25, 0.3) is 0 Å². The Morgan fingerprint density at radius 2 is 0.525 bits per heavy atom. The largest absolute Gasteiger partial charge is 0.472 e. The van der Waals surface area contributed by atoms with Gasteiger partial charge in [0.2, 0.25) is 0 Å². The number of phosphoric ester groups is 2. The van der Waals surface area contributed by atoms with E-state index < -0.39 is 91.5 Å². The Hall–Kier alpha value is -3.27. The molecule has 0 aromatic rings. The van der Waals surface area contributed by atoms with E-state index in [4.69, 9.17) is 32.3 Å². The SMILES string of the molecule is CC/C=C\C/C=C\C/C=C\C/C=C\C/C=C\CCCCCCCCCCCCCCCCCCCCCC(=O)OCC(O)COP(=O)(O)OCC(O)COP(=O)(O)OCC(COC(=O)CCCCCCC/C=C\CCCCCCCC)OC(=O)CCCCCCC/C=C\CCCCCCCC. The van der Waals surface area contributed by atoms with Gasteiger partial charge in [0, 0.05) is 19.3 Å². The monoisotopic (exact) mass is 1470 g/mol. The molecule has 0 aliphatic rings. The molecule has 0 spiro atoms. The summed E-state index contributed by atoms with van der Waals surface area (Å²) >= 11 is 0. The van der Waals surface area contributed by atoms with Crippen LogP contribution in [0, 0.1) is 0 Å². The highest BCUT2D eigenvalue weighted by Gasteiger charge is 2.29. The van der Waals surface area contributed by atoms with Crippen molar-refractivity contribution < 1.29 is 75.8 Å². The number of unbranched alkanes of at least 4 members (excludes halogenated alkanes) is 41. The number of hydrogen-bond acceptors (Lipinski definition) is 14. The zero-order valence-electron chi connectivity index (χ0n) is 64.3. The molecule has 5 unspecified atom stereocenters. The lowest BCUT2D eigenvalue weighted by atomic mass is 10.0. The van der Waals surface area contributed by atoms with E-state index in [1.807, 2.05) is 0 Å². The van der Waals surface area contributed by atoms with Crippen LogP contribution >= 0.6 is 15.6 Å². The molecule has 0 bridgehead atoms. The van der Waals surface area contributed by atoms with Crippen molar-refractivity contribution in [3.05, 3.63) is 85.1 Å². The topological polar surface area (TPSA) is 231 Å². The summed E-state index contributed by atoms with van der Waals surface area (Å²) in [5.41, 5.74) is 0. The van der Waals surface area contributed by atoms with Crippen LogP contribution in [0.4, 0.5) is 0 Å². The lowest BCUT2D eigenvalue weighted by Crippen LogP contribution is -2.30. The Labute approximate surface area is 616 Å². The molecule has 0 saturated carbocycles. The first-order valence-electron chi connectivity index (χ1n) is 40.9. The molecule has 16 nitrogen and oxygen atoms in total. The molecule has 0 amide bonds. The van der Waals surface area contributed by atoms with Crippen LogP contribution in [0.15, 0.2) is 85.1 Å². The van der Waals surface area contributed by atoms with E-state index in [2.05, 4.69) is 106 Å². The summed E-state index contributed by atoms with van der Waals surface area (Å²) in [6.45, 7) is 2.59. The third-order valence-electron chi connectivity index (χ3n) is 17.6. The summed E-state index contributed by atoms with van der Waals surface area (Å²) in [7, 11) is -9.78. The lowest BCUT2D eigenvalue weighted by Gasteiger charge is -2.21. The number of esters is 3. The van der Waals surface area contributed by atoms with Crippen molar-refractivity contribution in [3.63, 3.8) is 0 Å². The molecule has 588 valence electrons. The molecule has 101 heavy (non-hydrogen) atoms. The number of aliphatic hydroxyl groups excluding tert-OH is 2. The average molecular weight is 1470 g/mol. The van der Waals surface area contributed by atoms with Gasteiger partial charge in [-0.2, -0.15) is 0 Å². The standard InChI is InChI=1S/C83H150O16P2/c1-4-7-10-13-16-19-22-25-28-29-30-31-32-33-34-35-36-37-38-39-40-41-42-43-44-45-46-47-50-52-54-57-60-63-66-69-81(86)93-72-78(84)73-95-100(89,90)96-74-79(85)75-97-101(91,92)98-77-80(99-83(88)71-68-65-62-59-56-53-49-27-24-21-18-15-12-9-6-3)76-94-82(87)70-67-64-61-58-55-51-48-26-23-20-17-14-11-8-5-2/h7,10,16,19,25-28,30-31,33-34,48-49,78-80,84-85H,4-6,8-9,11-15,17-18,20-24,29,32,35-47,50-77H2,1-3H3,(H,89,90)(H,91,92)/b10-7-,19-16-,28-25-,31-30-,34-33-,48-26-,49-27-. The first-order chi connectivity index (χ1) is 49.2. The maximum absolute atomic E-state index is 12.9. The van der Waals surface area contributed by atoms with Crippen LogP contribution in [0.5, 0.6) is 0 Å². The van der Waals surface area contributed by atoms with Crippen LogP contribution in [0.2, 0.25) is 0 Å². The summed E-state index contributed by atoms with van der Waals surface area (Å²) in [5.74, 6) is -1.57. The van der Waals surface area contributed by atoms with Gasteiger partial charge in [0.1, 0.15) is 25.4 Å². The second-order valence-electron chi connectivity index (χ2n) is 27.5. The van der Waals surface area contributed by atoms with Gasteiger partial charge >= 0.3 is 33.6 Å². The first-order valence-corrected chi connectivity index (χ1v) is 43.9. The molecular weight excluding hydrogens is 1310 g/mol. The smallest absolute Gasteiger partial charge is 0.463 e. The van der Waals surface area contributed by atoms with Crippen LogP contribution in [-0.4, -0.2) is 95.9 Å². The molecule has 0 fully saturated rings. The molecule has 0 radical (unpaired) electrons. The van der Waals surface area contributed by atoms with Crippen molar-refractivity contribution in [1.82, 2.24) is 0 Å². The van der Waals surface area contributed by atoms with E-state index in [0.717, 1.165) is 128 Å². The van der Waals surface area contributed by atoms with E-state index in [1.165, 1.54) is 180 Å². The summed E-state index contributed by atoms with van der Waals surface area (Å²) < 4.78 is 61.1. The predicted octanol–water partition coefficient (Wildman–Crippen LogP) is 24.0. The predicted molar refractivity (Wildman–Crippen MR) is 418 cm³/mol. The van der Waals surface area contributed by atoms with Crippen molar-refractivity contribution in [2.24, 2.45) is 0 Å². The van der Waals surface area contributed by atoms with Gasteiger partial charge in [0.25, 0.3) is 0 Å². The van der Waals surface area contributed by atoms with E-state index in [1.54, 1.807) is 0 Å². The molecule has 0 aromatic carbocycles. The van der Waals surface area contributed by atoms with Gasteiger partial charge in [-0.15, -0.1) is 0 Å². The van der Waals surface area contributed by atoms with Crippen molar-refractivity contribution >= 4 is 33.6 Å². The highest BCUT2D eigenvalue weighted by atomic mass is 31.2. The van der Waals surface area contributed by atoms with Crippen LogP contribution in [0.3, 0.4) is 0 Å². The number of carbonyl (C=O) groups is 3. The van der Waals surface area contributed by atoms with Gasteiger partial charge in [-0.3, -0.25) is 32.5 Å². The molecule has 4 N–H and O–H groups in total. The minimum absolute atomic E-state index is 0.0966. The molecule has 0 saturated heterocycles. The van der Waals surface area contributed by atoms with Crippen molar-refractivity contribution in [1.29, 1.82) is 0 Å². The van der Waals surface area contributed by atoms with Crippen molar-refractivity contribution in [2.45, 2.75) is 386 Å². The Bertz CT molecular complexity index is 2180. The maximum atomic E-state index is 12.9. The molecule has 0 aliphatic carbocycles. The number of rotatable bonds is 78. The summed E-state index contributed by atoms with van der Waals surface area (Å²) in [5, 5.41) is 20.6. The van der Waals surface area contributed by atoms with Gasteiger partial charge in [-0.25, -0.2) is 9.13 Å². The number of ether oxygens (including phenoxy) is 3. The Kier molecular flexibility index (Phi) is 73.9. The maximum Gasteiger partial charge on any atom is 0.472 e. The van der Waals surface area contributed by atoms with Crippen molar-refractivity contribution in [3.8, 4) is 0 Å². The molecular formula is C83H150O16P2. The quantitative estimate of drug-likeness (QED) is 0.0146. The highest BCUT2D eigenvalue weighted by molar-refractivity contribution is 7.47. The van der Waals surface area contributed by atoms with Crippen molar-refractivity contribution in [2.75, 3.05) is 39.6 Å². The fourth-order valence-electron chi connectivity index (χ4n) is 11.4. The van der Waals surface area contributed by atoms with Gasteiger partial charge in [0.15, 0.2) is 6.10 Å². The number of allylic oxidation sites excluding steroid dienone is 14. The Balaban J connectivity index is 4.34. The summed E-state index contributed by atoms with van der Waals surface area (Å²) in [6, 6.07) is 0. The van der Waals surface area contributed by atoms with E-state index >= 15 is 0 Å². The molecule has 0 heterocycles. The average Bonchev–Trinajstić information content (AvgIpc) is 1.74. The fourth-order valence-corrected chi connectivity index (χ4v) is 12.9. The number of hydrogen-bond donors (Lipinski definition) is 4. The van der Waals surface area contributed by atoms with E-state index in [9.17, 15) is 43.5 Å². The number of phosphoric acid groups is 2. The van der Waals surface area contributed by atoms with Crippen LogP contribution in [0.1, 0.15) is 367 Å². The number of carbonyl (C=O) groups excluding carboxylic acids is 3.